The van der Waals surface area contributed by atoms with Gasteiger partial charge in [-0.1, -0.05) is 24.3 Å². The number of ether oxygens (including phenoxy) is 4. The molecule has 0 bridgehead atoms. The zero-order valence-electron chi connectivity index (χ0n) is 22.8. The fourth-order valence-corrected chi connectivity index (χ4v) is 4.22. The van der Waals surface area contributed by atoms with E-state index in [-0.39, 0.29) is 18.4 Å². The van der Waals surface area contributed by atoms with Crippen molar-refractivity contribution in [2.75, 3.05) is 33.3 Å². The fraction of sp³-hybridized carbons (Fsp3) is 0.233. The first-order valence-electron chi connectivity index (χ1n) is 12.3. The van der Waals surface area contributed by atoms with Gasteiger partial charge in [0.05, 0.1) is 25.5 Å². The molecule has 1 heterocycles. The number of aryl methyl sites for hydroxylation is 1. The van der Waals surface area contributed by atoms with Gasteiger partial charge in [0.15, 0.2) is 0 Å². The van der Waals surface area contributed by atoms with Crippen molar-refractivity contribution in [3.8, 4) is 45.5 Å². The predicted octanol–water partition coefficient (Wildman–Crippen LogP) is 5.35. The molecule has 9 heteroatoms. The van der Waals surface area contributed by atoms with Gasteiger partial charge >= 0.3 is 5.97 Å². The van der Waals surface area contributed by atoms with Crippen LogP contribution in [0.3, 0.4) is 0 Å². The average Bonchev–Trinajstić information content (AvgIpc) is 3.28. The van der Waals surface area contributed by atoms with Gasteiger partial charge in [-0.15, -0.1) is 0 Å². The van der Waals surface area contributed by atoms with Gasteiger partial charge in [-0.2, -0.15) is 9.78 Å². The summed E-state index contributed by atoms with van der Waals surface area (Å²) in [5.41, 5.74) is 6.01. The maximum absolute atomic E-state index is 12.4. The minimum absolute atomic E-state index is 0.0528. The van der Waals surface area contributed by atoms with E-state index < -0.39 is 5.97 Å². The zero-order valence-corrected chi connectivity index (χ0v) is 22.8. The van der Waals surface area contributed by atoms with Crippen molar-refractivity contribution in [3.05, 3.63) is 71.8 Å². The van der Waals surface area contributed by atoms with E-state index in [0.717, 1.165) is 22.4 Å². The Labute approximate surface area is 227 Å². The molecule has 0 atom stereocenters. The summed E-state index contributed by atoms with van der Waals surface area (Å²) >= 11 is 0. The highest BCUT2D eigenvalue weighted by atomic mass is 16.5. The quantitative estimate of drug-likeness (QED) is 0.292. The molecule has 4 rings (SSSR count). The first-order chi connectivity index (χ1) is 18.7. The molecule has 202 valence electrons. The van der Waals surface area contributed by atoms with E-state index in [1.165, 1.54) is 14.0 Å². The Balaban J connectivity index is 1.99. The molecular weight excluding hydrogens is 498 g/mol. The molecule has 4 aromatic rings. The third kappa shape index (κ3) is 5.94. The van der Waals surface area contributed by atoms with Crippen LogP contribution >= 0.6 is 0 Å². The van der Waals surface area contributed by atoms with Gasteiger partial charge in [0, 0.05) is 31.4 Å². The van der Waals surface area contributed by atoms with E-state index in [4.69, 9.17) is 24.0 Å². The summed E-state index contributed by atoms with van der Waals surface area (Å²) < 4.78 is 23.4. The Kier molecular flexibility index (Phi) is 8.31. The summed E-state index contributed by atoms with van der Waals surface area (Å²) in [6, 6.07) is 18.5. The van der Waals surface area contributed by atoms with Crippen LogP contribution in [0.1, 0.15) is 18.1 Å². The first kappa shape index (κ1) is 27.4. The van der Waals surface area contributed by atoms with Crippen molar-refractivity contribution < 1.29 is 28.5 Å². The Hall–Kier alpha value is -4.63. The molecule has 0 unspecified atom stereocenters. The molecule has 0 aliphatic rings. The average molecular weight is 530 g/mol. The normalized spacial score (nSPS) is 10.7. The minimum atomic E-state index is -0.485. The van der Waals surface area contributed by atoms with Crippen molar-refractivity contribution in [1.29, 1.82) is 0 Å². The Morgan fingerprint density at radius 1 is 0.897 bits per heavy atom. The second-order valence-corrected chi connectivity index (χ2v) is 8.91. The lowest BCUT2D eigenvalue weighted by Gasteiger charge is -2.13. The van der Waals surface area contributed by atoms with Crippen molar-refractivity contribution in [2.45, 2.75) is 20.8 Å². The summed E-state index contributed by atoms with van der Waals surface area (Å²) in [6.45, 7) is 5.31. The number of carbonyl (C=O) groups is 2. The fourth-order valence-electron chi connectivity index (χ4n) is 4.22. The largest absolute Gasteiger partial charge is 0.497 e. The second kappa shape index (κ2) is 11.8. The molecule has 0 saturated carbocycles. The SMILES string of the molecule is COCC(=O)Nc1ccc(-c2c(-c3cc(OC)cc(OC)c3)nn(-c3cccc(C)c3C)c2OC(C)=O)cc1. The molecule has 0 radical (unpaired) electrons. The maximum Gasteiger partial charge on any atom is 0.309 e. The molecule has 9 nitrogen and oxygen atoms in total. The smallest absolute Gasteiger partial charge is 0.309 e. The number of hydrogen-bond donors (Lipinski definition) is 1. The van der Waals surface area contributed by atoms with Gasteiger partial charge in [0.1, 0.15) is 23.8 Å². The molecule has 0 spiro atoms. The number of anilines is 1. The summed E-state index contributed by atoms with van der Waals surface area (Å²) in [5.74, 6) is 0.687. The summed E-state index contributed by atoms with van der Waals surface area (Å²) in [6.07, 6.45) is 0. The molecule has 1 N–H and O–H groups in total. The van der Waals surface area contributed by atoms with Crippen molar-refractivity contribution in [3.63, 3.8) is 0 Å². The van der Waals surface area contributed by atoms with Crippen LogP contribution < -0.4 is 19.5 Å². The Bertz CT molecular complexity index is 1490. The molecule has 0 aliphatic heterocycles. The zero-order chi connectivity index (χ0) is 28.1. The molecule has 39 heavy (non-hydrogen) atoms. The van der Waals surface area contributed by atoms with Crippen LogP contribution in [0.2, 0.25) is 0 Å². The standard InChI is InChI=1S/C30H31N3O6/c1-18-8-7-9-26(19(18)2)33-30(39-20(3)34)28(21-10-12-23(13-11-21)31-27(35)17-36-4)29(32-33)22-14-24(37-5)16-25(15-22)38-6/h7-16H,17H2,1-6H3,(H,31,35). The van der Waals surface area contributed by atoms with Gasteiger partial charge in [-0.3, -0.25) is 9.59 Å². The number of nitrogens with zero attached hydrogens (tertiary/aromatic N) is 2. The van der Waals surface area contributed by atoms with E-state index in [1.807, 2.05) is 56.3 Å². The van der Waals surface area contributed by atoms with Crippen LogP contribution in [0.4, 0.5) is 5.69 Å². The van der Waals surface area contributed by atoms with Crippen LogP contribution in [0.15, 0.2) is 60.7 Å². The number of benzene rings is 3. The second-order valence-electron chi connectivity index (χ2n) is 8.91. The lowest BCUT2D eigenvalue weighted by atomic mass is 10.0. The van der Waals surface area contributed by atoms with Gasteiger partial charge in [0.25, 0.3) is 0 Å². The number of nitrogens with one attached hydrogen (secondary N) is 1. The summed E-state index contributed by atoms with van der Waals surface area (Å²) in [7, 11) is 4.62. The third-order valence-electron chi connectivity index (χ3n) is 6.25. The Morgan fingerprint density at radius 3 is 2.15 bits per heavy atom. The molecule has 0 fully saturated rings. The van der Waals surface area contributed by atoms with Crippen LogP contribution in [-0.2, 0) is 14.3 Å². The lowest BCUT2D eigenvalue weighted by molar-refractivity contribution is -0.132. The number of methoxy groups -OCH3 is 3. The van der Waals surface area contributed by atoms with Gasteiger partial charge in [0.2, 0.25) is 11.8 Å². The van der Waals surface area contributed by atoms with Crippen molar-refractivity contribution >= 4 is 17.6 Å². The number of carbonyl (C=O) groups excluding carboxylic acids is 2. The van der Waals surface area contributed by atoms with E-state index >= 15 is 0 Å². The number of rotatable bonds is 9. The first-order valence-corrected chi connectivity index (χ1v) is 12.3. The highest BCUT2D eigenvalue weighted by Crippen LogP contribution is 2.43. The summed E-state index contributed by atoms with van der Waals surface area (Å²) in [4.78, 5) is 24.3. The molecule has 0 aliphatic carbocycles. The van der Waals surface area contributed by atoms with Gasteiger partial charge < -0.3 is 24.3 Å². The van der Waals surface area contributed by atoms with Crippen LogP contribution in [0.25, 0.3) is 28.1 Å². The van der Waals surface area contributed by atoms with Gasteiger partial charge in [-0.05, 0) is 60.9 Å². The minimum Gasteiger partial charge on any atom is -0.497 e. The van der Waals surface area contributed by atoms with Crippen LogP contribution in [0, 0.1) is 13.8 Å². The molecule has 1 aromatic heterocycles. The number of esters is 1. The molecule has 3 aromatic carbocycles. The topological polar surface area (TPSA) is 101 Å². The molecule has 0 saturated heterocycles. The van der Waals surface area contributed by atoms with Crippen LogP contribution in [0.5, 0.6) is 17.4 Å². The van der Waals surface area contributed by atoms with E-state index in [0.29, 0.717) is 34.0 Å². The Morgan fingerprint density at radius 2 is 1.56 bits per heavy atom. The predicted molar refractivity (Wildman–Crippen MR) is 149 cm³/mol. The lowest BCUT2D eigenvalue weighted by Crippen LogP contribution is -2.16. The monoisotopic (exact) mass is 529 g/mol. The van der Waals surface area contributed by atoms with E-state index in [9.17, 15) is 9.59 Å². The van der Waals surface area contributed by atoms with Crippen molar-refractivity contribution in [2.24, 2.45) is 0 Å². The number of aromatic nitrogens is 2. The van der Waals surface area contributed by atoms with E-state index in [1.54, 1.807) is 37.1 Å². The molecular formula is C30H31N3O6. The van der Waals surface area contributed by atoms with E-state index in [2.05, 4.69) is 5.32 Å². The highest BCUT2D eigenvalue weighted by molar-refractivity contribution is 5.93. The van der Waals surface area contributed by atoms with Gasteiger partial charge in [-0.25, -0.2) is 0 Å². The molecule has 1 amide bonds. The number of hydrogen-bond acceptors (Lipinski definition) is 7. The number of amides is 1. The van der Waals surface area contributed by atoms with Crippen molar-refractivity contribution in [1.82, 2.24) is 9.78 Å². The van der Waals surface area contributed by atoms with Crippen LogP contribution in [-0.4, -0.2) is 49.6 Å². The summed E-state index contributed by atoms with van der Waals surface area (Å²) in [5, 5.41) is 7.76. The highest BCUT2D eigenvalue weighted by Gasteiger charge is 2.26. The third-order valence-corrected chi connectivity index (χ3v) is 6.25. The maximum atomic E-state index is 12.4.